The zero-order valence-corrected chi connectivity index (χ0v) is 27.2. The molecule has 0 aliphatic heterocycles. The maximum Gasteiger partial charge on any atom is -0.000139 e. The van der Waals surface area contributed by atoms with Crippen molar-refractivity contribution in [1.82, 2.24) is 0 Å². The Morgan fingerprint density at radius 1 is 0.596 bits per heavy atom. The minimum Gasteiger partial charge on any atom is -0.0808 e. The highest BCUT2D eigenvalue weighted by Gasteiger charge is 2.19. The minimum absolute atomic E-state index is 0.282. The van der Waals surface area contributed by atoms with Gasteiger partial charge < -0.3 is 0 Å². The van der Waals surface area contributed by atoms with Gasteiger partial charge in [-0.2, -0.15) is 0 Å². The molecule has 0 aromatic heterocycles. The van der Waals surface area contributed by atoms with Gasteiger partial charge in [-0.15, -0.1) is 0 Å². The summed E-state index contributed by atoms with van der Waals surface area (Å²) in [5.41, 5.74) is 11.5. The highest BCUT2D eigenvalue weighted by atomic mass is 14.2. The summed E-state index contributed by atoms with van der Waals surface area (Å²) >= 11 is 0. The molecule has 1 atom stereocenters. The maximum absolute atomic E-state index is 2.44. The van der Waals surface area contributed by atoms with Crippen LogP contribution in [0.3, 0.4) is 0 Å². The molecule has 0 bridgehead atoms. The van der Waals surface area contributed by atoms with Crippen molar-refractivity contribution >= 4 is 32.7 Å². The van der Waals surface area contributed by atoms with Gasteiger partial charge in [0.15, 0.2) is 0 Å². The fraction of sp³-hybridized carbons (Fsp3) is 0.106. The fourth-order valence-corrected chi connectivity index (χ4v) is 6.83. The van der Waals surface area contributed by atoms with Crippen molar-refractivity contribution in [3.8, 4) is 22.3 Å². The van der Waals surface area contributed by atoms with Gasteiger partial charge in [0.1, 0.15) is 0 Å². The van der Waals surface area contributed by atoms with E-state index in [-0.39, 0.29) is 5.92 Å². The summed E-state index contributed by atoms with van der Waals surface area (Å²) in [6.45, 7) is 4.50. The molecule has 47 heavy (non-hydrogen) atoms. The van der Waals surface area contributed by atoms with E-state index in [4.69, 9.17) is 0 Å². The summed E-state index contributed by atoms with van der Waals surface area (Å²) in [5.74, 6) is 0.282. The Morgan fingerprint density at radius 2 is 1.19 bits per heavy atom. The molecule has 0 spiro atoms. The van der Waals surface area contributed by atoms with E-state index in [1.807, 2.05) is 0 Å². The van der Waals surface area contributed by atoms with E-state index in [1.165, 1.54) is 71.6 Å². The first kappa shape index (κ1) is 30.2. The van der Waals surface area contributed by atoms with Crippen LogP contribution in [0.4, 0.5) is 0 Å². The van der Waals surface area contributed by atoms with Gasteiger partial charge in [-0.25, -0.2) is 0 Å². The summed E-state index contributed by atoms with van der Waals surface area (Å²) in [6, 6.07) is 46.8. The largest absolute Gasteiger partial charge is 0.0808 e. The van der Waals surface area contributed by atoms with Gasteiger partial charge >= 0.3 is 0 Å². The molecule has 6 aromatic rings. The molecule has 0 heterocycles. The molecule has 0 amide bonds. The lowest BCUT2D eigenvalue weighted by atomic mass is 9.83. The van der Waals surface area contributed by atoms with Gasteiger partial charge in [0.05, 0.1) is 0 Å². The molecule has 0 radical (unpaired) electrons. The SMILES string of the molecule is C/C(=C\Cc1ccc2c(-c3ccccc3)c3cc(/C4=C/C=C\C/C=C\C=C/C4C)ccc3c(-c3ccccc3)c2c1)c1ccccc1. The van der Waals surface area contributed by atoms with Crippen LogP contribution < -0.4 is 0 Å². The number of benzene rings is 6. The number of hydrogen-bond donors (Lipinski definition) is 0. The lowest BCUT2D eigenvalue weighted by molar-refractivity contribution is 0.964. The Kier molecular flexibility index (Phi) is 8.93. The Hall–Kier alpha value is -5.46. The first-order chi connectivity index (χ1) is 23.2. The van der Waals surface area contributed by atoms with Crippen LogP contribution in [0, 0.1) is 5.92 Å². The third-order valence-electron chi connectivity index (χ3n) is 9.33. The molecule has 0 nitrogen and oxygen atoms in total. The smallest absolute Gasteiger partial charge is 0.000139 e. The van der Waals surface area contributed by atoms with E-state index in [2.05, 4.69) is 190 Å². The highest BCUT2D eigenvalue weighted by Crippen LogP contribution is 2.45. The van der Waals surface area contributed by atoms with Gasteiger partial charge in [-0.3, -0.25) is 0 Å². The highest BCUT2D eigenvalue weighted by molar-refractivity contribution is 6.21. The van der Waals surface area contributed by atoms with E-state index in [1.54, 1.807) is 0 Å². The van der Waals surface area contributed by atoms with Crippen molar-refractivity contribution in [2.45, 2.75) is 26.7 Å². The number of fused-ring (bicyclic) bond motifs is 2. The molecule has 0 fully saturated rings. The van der Waals surface area contributed by atoms with Crippen molar-refractivity contribution in [2.24, 2.45) is 5.92 Å². The van der Waals surface area contributed by atoms with Crippen molar-refractivity contribution in [3.05, 3.63) is 193 Å². The second-order valence-electron chi connectivity index (χ2n) is 12.5. The van der Waals surface area contributed by atoms with E-state index in [0.29, 0.717) is 0 Å². The van der Waals surface area contributed by atoms with Crippen molar-refractivity contribution in [3.63, 3.8) is 0 Å². The van der Waals surface area contributed by atoms with Crippen LogP contribution in [-0.2, 0) is 6.42 Å². The average molecular weight is 605 g/mol. The Balaban J connectivity index is 1.48. The van der Waals surface area contributed by atoms with Gasteiger partial charge in [-0.05, 0) is 103 Å². The summed E-state index contributed by atoms with van der Waals surface area (Å²) < 4.78 is 0. The second-order valence-corrected chi connectivity index (χ2v) is 12.5. The molecule has 0 heteroatoms. The number of hydrogen-bond acceptors (Lipinski definition) is 0. The van der Waals surface area contributed by atoms with Crippen LogP contribution in [0.25, 0.3) is 54.9 Å². The molecule has 6 aromatic carbocycles. The minimum atomic E-state index is 0.282. The predicted octanol–water partition coefficient (Wildman–Crippen LogP) is 13.1. The van der Waals surface area contributed by atoms with Crippen LogP contribution in [0.15, 0.2) is 176 Å². The Labute approximate surface area is 279 Å². The molecular formula is C47H40. The molecule has 1 aliphatic rings. The maximum atomic E-state index is 2.44. The third kappa shape index (κ3) is 6.46. The fourth-order valence-electron chi connectivity index (χ4n) is 6.83. The summed E-state index contributed by atoms with van der Waals surface area (Å²) in [7, 11) is 0. The van der Waals surface area contributed by atoms with E-state index in [0.717, 1.165) is 12.8 Å². The van der Waals surface area contributed by atoms with Gasteiger partial charge in [-0.1, -0.05) is 177 Å². The Bertz CT molecular complexity index is 2170. The third-order valence-corrected chi connectivity index (χ3v) is 9.33. The molecule has 228 valence electrons. The van der Waals surface area contributed by atoms with Crippen LogP contribution in [0.5, 0.6) is 0 Å². The molecule has 0 saturated heterocycles. The zero-order chi connectivity index (χ0) is 32.0. The van der Waals surface area contributed by atoms with Crippen LogP contribution in [-0.4, -0.2) is 0 Å². The van der Waals surface area contributed by atoms with Crippen molar-refractivity contribution in [1.29, 1.82) is 0 Å². The molecule has 0 N–H and O–H groups in total. The second kappa shape index (κ2) is 13.9. The topological polar surface area (TPSA) is 0 Å². The van der Waals surface area contributed by atoms with Gasteiger partial charge in [0.2, 0.25) is 0 Å². The normalized spacial score (nSPS) is 18.4. The monoisotopic (exact) mass is 604 g/mol. The van der Waals surface area contributed by atoms with E-state index >= 15 is 0 Å². The summed E-state index contributed by atoms with van der Waals surface area (Å²) in [6.07, 6.45) is 19.8. The summed E-state index contributed by atoms with van der Waals surface area (Å²) in [4.78, 5) is 0. The number of allylic oxidation sites excluding steroid dienone is 10. The molecule has 7 rings (SSSR count). The molecule has 0 saturated carbocycles. The van der Waals surface area contributed by atoms with Crippen LogP contribution in [0.2, 0.25) is 0 Å². The van der Waals surface area contributed by atoms with E-state index < -0.39 is 0 Å². The molecule has 1 unspecified atom stereocenters. The van der Waals surface area contributed by atoms with E-state index in [9.17, 15) is 0 Å². The molecule has 1 aliphatic carbocycles. The van der Waals surface area contributed by atoms with Gasteiger partial charge in [0.25, 0.3) is 0 Å². The lowest BCUT2D eigenvalue weighted by Gasteiger charge is -2.20. The summed E-state index contributed by atoms with van der Waals surface area (Å²) in [5, 5.41) is 5.14. The average Bonchev–Trinajstić information content (AvgIpc) is 3.13. The van der Waals surface area contributed by atoms with Crippen LogP contribution in [0.1, 0.15) is 37.0 Å². The quantitative estimate of drug-likeness (QED) is 0.166. The Morgan fingerprint density at radius 3 is 1.87 bits per heavy atom. The lowest BCUT2D eigenvalue weighted by Crippen LogP contribution is -1.98. The standard InChI is InChI=1S/C47H40/c1-34(37-19-11-7-12-20-37)26-27-36-28-30-42-44(32-36)46(38-21-13-8-14-22-38)43-31-29-40(33-45(43)47(42)39-23-15-9-16-24-39)41-25-17-6-4-3-5-10-18-35(41)2/h3,5-26,28-33,35H,4,27H2,1-2H3/b5-3-,17-6-,18-10-,34-26+,41-25+. The van der Waals surface area contributed by atoms with Gasteiger partial charge in [0, 0.05) is 0 Å². The predicted molar refractivity (Wildman–Crippen MR) is 205 cm³/mol. The van der Waals surface area contributed by atoms with Crippen LogP contribution >= 0.6 is 0 Å². The first-order valence-electron chi connectivity index (χ1n) is 16.7. The molecular weight excluding hydrogens is 565 g/mol. The number of rotatable bonds is 6. The zero-order valence-electron chi connectivity index (χ0n) is 27.2. The van der Waals surface area contributed by atoms with Crippen molar-refractivity contribution in [2.75, 3.05) is 0 Å². The first-order valence-corrected chi connectivity index (χ1v) is 16.7. The van der Waals surface area contributed by atoms with Crippen molar-refractivity contribution < 1.29 is 0 Å².